The highest BCUT2D eigenvalue weighted by atomic mass is 16.6. The van der Waals surface area contributed by atoms with Gasteiger partial charge >= 0.3 is 11.9 Å². The van der Waals surface area contributed by atoms with Crippen molar-refractivity contribution >= 4 is 11.9 Å². The van der Waals surface area contributed by atoms with Gasteiger partial charge in [0, 0.05) is 6.42 Å². The minimum atomic E-state index is -0.742. The Morgan fingerprint density at radius 1 is 1.26 bits per heavy atom. The van der Waals surface area contributed by atoms with Gasteiger partial charge in [0.25, 0.3) is 0 Å². The predicted molar refractivity (Wildman–Crippen MR) is 71.4 cm³/mol. The van der Waals surface area contributed by atoms with Gasteiger partial charge in [-0.2, -0.15) is 0 Å². The Hall–Kier alpha value is -1.10. The summed E-state index contributed by atoms with van der Waals surface area (Å²) in [5, 5.41) is 0. The van der Waals surface area contributed by atoms with Crippen LogP contribution in [-0.2, 0) is 19.1 Å². The minimum absolute atomic E-state index is 0.0140. The Morgan fingerprint density at radius 2 is 1.84 bits per heavy atom. The highest BCUT2D eigenvalue weighted by Crippen LogP contribution is 2.21. The first-order valence-corrected chi connectivity index (χ1v) is 6.96. The van der Waals surface area contributed by atoms with Crippen LogP contribution in [-0.4, -0.2) is 29.7 Å². The molecule has 0 bridgehead atoms. The van der Waals surface area contributed by atoms with E-state index in [4.69, 9.17) is 15.2 Å². The summed E-state index contributed by atoms with van der Waals surface area (Å²) in [6.45, 7) is 5.41. The summed E-state index contributed by atoms with van der Waals surface area (Å²) in [5.74, 6) is -0.743. The third-order valence-electron chi connectivity index (χ3n) is 2.97. The van der Waals surface area contributed by atoms with Gasteiger partial charge in [0.15, 0.2) is 0 Å². The molecule has 0 heterocycles. The molecule has 0 unspecified atom stereocenters. The average molecular weight is 271 g/mol. The van der Waals surface area contributed by atoms with Crippen LogP contribution in [0.2, 0.25) is 0 Å². The molecule has 1 aliphatic carbocycles. The van der Waals surface area contributed by atoms with E-state index in [0.717, 1.165) is 25.7 Å². The van der Waals surface area contributed by atoms with Crippen LogP contribution in [0.4, 0.5) is 0 Å². The molecule has 2 N–H and O–H groups in total. The zero-order valence-electron chi connectivity index (χ0n) is 12.1. The van der Waals surface area contributed by atoms with E-state index in [1.165, 1.54) is 0 Å². The van der Waals surface area contributed by atoms with E-state index in [0.29, 0.717) is 0 Å². The molecule has 0 amide bonds. The van der Waals surface area contributed by atoms with Crippen molar-refractivity contribution in [2.45, 2.75) is 77.0 Å². The number of carbonyl (C=O) groups is 2. The monoisotopic (exact) mass is 271 g/mol. The summed E-state index contributed by atoms with van der Waals surface area (Å²) >= 11 is 0. The maximum Gasteiger partial charge on any atom is 0.323 e. The van der Waals surface area contributed by atoms with Crippen LogP contribution in [0.1, 0.15) is 59.3 Å². The molecule has 0 aromatic carbocycles. The molecular weight excluding hydrogens is 246 g/mol. The molecule has 0 aliphatic heterocycles. The maximum atomic E-state index is 11.7. The number of nitrogens with two attached hydrogens (primary N) is 1. The van der Waals surface area contributed by atoms with Crippen LogP contribution in [0.3, 0.4) is 0 Å². The van der Waals surface area contributed by atoms with Crippen molar-refractivity contribution < 1.29 is 19.1 Å². The van der Waals surface area contributed by atoms with Gasteiger partial charge < -0.3 is 15.2 Å². The molecule has 1 atom stereocenters. The molecule has 1 aliphatic rings. The van der Waals surface area contributed by atoms with Crippen LogP contribution in [0.5, 0.6) is 0 Å². The van der Waals surface area contributed by atoms with Crippen LogP contribution < -0.4 is 5.73 Å². The van der Waals surface area contributed by atoms with Crippen molar-refractivity contribution in [1.29, 1.82) is 0 Å². The molecule has 0 saturated heterocycles. The SMILES string of the molecule is CC(C)(C)OC(=O)CC[C@@H](N)C(=O)OC1CCCC1. The molecule has 5 nitrogen and oxygen atoms in total. The molecule has 110 valence electrons. The Morgan fingerprint density at radius 3 is 2.37 bits per heavy atom. The fraction of sp³-hybridized carbons (Fsp3) is 0.857. The Labute approximate surface area is 114 Å². The molecule has 1 fully saturated rings. The van der Waals surface area contributed by atoms with Crippen LogP contribution in [0.15, 0.2) is 0 Å². The minimum Gasteiger partial charge on any atom is -0.461 e. The molecule has 0 spiro atoms. The van der Waals surface area contributed by atoms with E-state index < -0.39 is 17.6 Å². The van der Waals surface area contributed by atoms with Gasteiger partial charge in [-0.25, -0.2) is 0 Å². The molecule has 5 heteroatoms. The van der Waals surface area contributed by atoms with Crippen molar-refractivity contribution in [1.82, 2.24) is 0 Å². The lowest BCUT2D eigenvalue weighted by molar-refractivity contribution is -0.155. The van der Waals surface area contributed by atoms with E-state index in [2.05, 4.69) is 0 Å². The zero-order chi connectivity index (χ0) is 14.5. The van der Waals surface area contributed by atoms with Gasteiger partial charge in [0.2, 0.25) is 0 Å². The summed E-state index contributed by atoms with van der Waals surface area (Å²) in [6, 6.07) is -0.742. The summed E-state index contributed by atoms with van der Waals surface area (Å²) in [5.41, 5.74) is 5.22. The van der Waals surface area contributed by atoms with E-state index in [1.807, 2.05) is 0 Å². The van der Waals surface area contributed by atoms with Gasteiger partial charge in [-0.05, 0) is 52.9 Å². The summed E-state index contributed by atoms with van der Waals surface area (Å²) < 4.78 is 10.4. The second-order valence-electron chi connectivity index (χ2n) is 6.07. The Kier molecular flexibility index (Phi) is 5.79. The number of esters is 2. The Bertz CT molecular complexity index is 316. The lowest BCUT2D eigenvalue weighted by atomic mass is 10.1. The highest BCUT2D eigenvalue weighted by Gasteiger charge is 2.24. The molecule has 0 radical (unpaired) electrons. The van der Waals surface area contributed by atoms with E-state index in [-0.39, 0.29) is 24.9 Å². The number of hydrogen-bond acceptors (Lipinski definition) is 5. The summed E-state index contributed by atoms with van der Waals surface area (Å²) in [4.78, 5) is 23.2. The summed E-state index contributed by atoms with van der Waals surface area (Å²) in [6.07, 6.45) is 4.46. The fourth-order valence-electron chi connectivity index (χ4n) is 2.04. The van der Waals surface area contributed by atoms with Crippen LogP contribution in [0.25, 0.3) is 0 Å². The first-order valence-electron chi connectivity index (χ1n) is 6.96. The highest BCUT2D eigenvalue weighted by molar-refractivity contribution is 5.77. The van der Waals surface area contributed by atoms with Crippen LogP contribution in [0, 0.1) is 0 Å². The third-order valence-corrected chi connectivity index (χ3v) is 2.97. The fourth-order valence-corrected chi connectivity index (χ4v) is 2.04. The molecule has 0 aromatic rings. The molecule has 19 heavy (non-hydrogen) atoms. The number of carbonyl (C=O) groups excluding carboxylic acids is 2. The van der Waals surface area contributed by atoms with Gasteiger partial charge in [0.1, 0.15) is 17.7 Å². The molecule has 1 saturated carbocycles. The van der Waals surface area contributed by atoms with Crippen molar-refractivity contribution in [3.8, 4) is 0 Å². The Balaban J connectivity index is 2.24. The lowest BCUT2D eigenvalue weighted by Crippen LogP contribution is -2.35. The van der Waals surface area contributed by atoms with Gasteiger partial charge in [0.05, 0.1) is 0 Å². The zero-order valence-corrected chi connectivity index (χ0v) is 12.1. The quantitative estimate of drug-likeness (QED) is 0.773. The van der Waals surface area contributed by atoms with E-state index >= 15 is 0 Å². The first kappa shape index (κ1) is 16.0. The largest absolute Gasteiger partial charge is 0.461 e. The smallest absolute Gasteiger partial charge is 0.323 e. The first-order chi connectivity index (χ1) is 8.78. The second kappa shape index (κ2) is 6.89. The number of rotatable bonds is 5. The van der Waals surface area contributed by atoms with Gasteiger partial charge in [-0.3, -0.25) is 9.59 Å². The molecule has 1 rings (SSSR count). The average Bonchev–Trinajstić information content (AvgIpc) is 2.76. The standard InChI is InChI=1S/C14H25NO4/c1-14(2,3)19-12(16)9-8-11(15)13(17)18-10-6-4-5-7-10/h10-11H,4-9,15H2,1-3H3/t11-/m1/s1. The lowest BCUT2D eigenvalue weighted by Gasteiger charge is -2.20. The predicted octanol–water partition coefficient (Wildman–Crippen LogP) is 1.92. The van der Waals surface area contributed by atoms with E-state index in [1.54, 1.807) is 20.8 Å². The topological polar surface area (TPSA) is 78.6 Å². The molecular formula is C14H25NO4. The van der Waals surface area contributed by atoms with Crippen LogP contribution >= 0.6 is 0 Å². The van der Waals surface area contributed by atoms with Gasteiger partial charge in [-0.1, -0.05) is 0 Å². The number of ether oxygens (including phenoxy) is 2. The summed E-state index contributed by atoms with van der Waals surface area (Å²) in [7, 11) is 0. The normalized spacial score (nSPS) is 18.1. The van der Waals surface area contributed by atoms with Crippen molar-refractivity contribution in [2.24, 2.45) is 5.73 Å². The van der Waals surface area contributed by atoms with Gasteiger partial charge in [-0.15, -0.1) is 0 Å². The van der Waals surface area contributed by atoms with Crippen molar-refractivity contribution in [3.05, 3.63) is 0 Å². The second-order valence-corrected chi connectivity index (χ2v) is 6.07. The molecule has 0 aromatic heterocycles. The number of hydrogen-bond donors (Lipinski definition) is 1. The van der Waals surface area contributed by atoms with E-state index in [9.17, 15) is 9.59 Å². The maximum absolute atomic E-state index is 11.7. The van der Waals surface area contributed by atoms with Crippen molar-refractivity contribution in [3.63, 3.8) is 0 Å². The van der Waals surface area contributed by atoms with Crippen molar-refractivity contribution in [2.75, 3.05) is 0 Å². The third kappa shape index (κ3) is 6.57.